The highest BCUT2D eigenvalue weighted by Crippen LogP contribution is 2.23. The lowest BCUT2D eigenvalue weighted by atomic mass is 9.99. The zero-order chi connectivity index (χ0) is 56.5. The van der Waals surface area contributed by atoms with Crippen LogP contribution in [0, 0.1) is 0 Å². The van der Waals surface area contributed by atoms with Gasteiger partial charge in [-0.2, -0.15) is 0 Å². The fourth-order valence-corrected chi connectivity index (χ4v) is 9.55. The van der Waals surface area contributed by atoms with Crippen molar-refractivity contribution < 1.29 is 39.8 Å². The van der Waals surface area contributed by atoms with Gasteiger partial charge in [0.2, 0.25) is 5.91 Å². The van der Waals surface area contributed by atoms with Crippen molar-refractivity contribution in [1.82, 2.24) is 5.32 Å². The third kappa shape index (κ3) is 45.6. The minimum Gasteiger partial charge on any atom is -0.394 e. The molecule has 1 heterocycles. The van der Waals surface area contributed by atoms with E-state index in [9.17, 15) is 30.3 Å². The summed E-state index contributed by atoms with van der Waals surface area (Å²) in [4.78, 5) is 13.1. The Balaban J connectivity index is 2.23. The van der Waals surface area contributed by atoms with Crippen molar-refractivity contribution in [2.75, 3.05) is 13.2 Å². The van der Waals surface area contributed by atoms with Crippen LogP contribution < -0.4 is 5.32 Å². The molecule has 0 radical (unpaired) electrons. The molecule has 0 aromatic carbocycles. The zero-order valence-electron chi connectivity index (χ0n) is 49.9. The summed E-state index contributed by atoms with van der Waals surface area (Å²) in [5.41, 5.74) is 0. The molecular formula is C69H119NO8. The van der Waals surface area contributed by atoms with Crippen molar-refractivity contribution in [2.24, 2.45) is 0 Å². The van der Waals surface area contributed by atoms with Crippen LogP contribution in [0.5, 0.6) is 0 Å². The van der Waals surface area contributed by atoms with Gasteiger partial charge in [-0.3, -0.25) is 4.79 Å². The molecule has 0 aliphatic carbocycles. The maximum Gasteiger partial charge on any atom is 0.220 e. The minimum atomic E-state index is -1.58. The Morgan fingerprint density at radius 2 is 0.808 bits per heavy atom. The first-order chi connectivity index (χ1) is 38.3. The first-order valence-corrected chi connectivity index (χ1v) is 32.1. The van der Waals surface area contributed by atoms with Gasteiger partial charge in [-0.05, 0) is 96.3 Å². The molecule has 78 heavy (non-hydrogen) atoms. The molecule has 9 heteroatoms. The largest absolute Gasteiger partial charge is 0.394 e. The van der Waals surface area contributed by atoms with Gasteiger partial charge in [0.25, 0.3) is 0 Å². The molecular weight excluding hydrogens is 971 g/mol. The van der Waals surface area contributed by atoms with Crippen LogP contribution in [0.25, 0.3) is 0 Å². The standard InChI is InChI=1S/C69H119NO8/c1-3-5-7-9-11-13-15-17-19-21-23-25-27-29-31-32-33-35-37-39-41-43-45-47-49-51-53-55-57-59-65(73)70-62(61-77-69-68(76)67(75)66(74)64(60-71)78-69)63(72)58-56-54-52-50-48-46-44-42-40-38-36-34-30-28-26-24-22-20-18-16-14-12-10-8-6-4-2/h5,7,11,13,17,19,23,25,29,31,33,35,40,42,48,50,56,58,62-64,66-69,71-72,74-76H,3-4,6,8-10,12,14-16,18,20-22,24,26-28,30,32,34,36-39,41,43-47,49,51-55,57,59-61H2,1-2H3,(H,70,73)/b7-5-,13-11-,19-17-,25-23-,31-29-,35-33-,42-40+,50-48+,58-56+. The lowest BCUT2D eigenvalue weighted by Gasteiger charge is -2.40. The maximum atomic E-state index is 13.1. The predicted octanol–water partition coefficient (Wildman–Crippen LogP) is 16.9. The fraction of sp³-hybridized carbons (Fsp3) is 0.725. The van der Waals surface area contributed by atoms with Crippen LogP contribution in [0.4, 0.5) is 0 Å². The SMILES string of the molecule is CC/C=C\C/C=C\C/C=C\C/C=C\C/C=C\C/C=C\CCCCCCCCCCCCC(=O)NC(COC1OC(CO)C(O)C(O)C1O)C(O)/C=C/CC/C=C/CC/C=C/CCCCCCCCCCCCCCCCCC. The second-order valence-electron chi connectivity index (χ2n) is 21.8. The number of unbranched alkanes of at least 4 members (excludes halogenated alkanes) is 28. The van der Waals surface area contributed by atoms with E-state index in [1.54, 1.807) is 6.08 Å². The number of hydrogen-bond donors (Lipinski definition) is 6. The molecule has 448 valence electrons. The molecule has 0 bridgehead atoms. The van der Waals surface area contributed by atoms with Crippen molar-refractivity contribution in [3.05, 3.63) is 109 Å². The van der Waals surface area contributed by atoms with Crippen molar-refractivity contribution in [1.29, 1.82) is 0 Å². The van der Waals surface area contributed by atoms with Crippen LogP contribution in [-0.4, -0.2) is 87.5 Å². The molecule has 9 nitrogen and oxygen atoms in total. The van der Waals surface area contributed by atoms with E-state index in [1.807, 2.05) is 6.08 Å². The Kier molecular flexibility index (Phi) is 53.3. The van der Waals surface area contributed by atoms with Crippen LogP contribution in [-0.2, 0) is 14.3 Å². The molecule has 1 amide bonds. The lowest BCUT2D eigenvalue weighted by Crippen LogP contribution is -2.60. The highest BCUT2D eigenvalue weighted by Gasteiger charge is 2.44. The normalized spacial score (nSPS) is 19.4. The number of carbonyl (C=O) groups excluding carboxylic acids is 1. The van der Waals surface area contributed by atoms with E-state index in [4.69, 9.17) is 9.47 Å². The molecule has 1 saturated heterocycles. The van der Waals surface area contributed by atoms with Gasteiger partial charge >= 0.3 is 0 Å². The Bertz CT molecular complexity index is 1590. The van der Waals surface area contributed by atoms with E-state index in [1.165, 1.54) is 148 Å². The topological polar surface area (TPSA) is 149 Å². The van der Waals surface area contributed by atoms with Crippen LogP contribution >= 0.6 is 0 Å². The summed E-state index contributed by atoms with van der Waals surface area (Å²) >= 11 is 0. The molecule has 6 N–H and O–H groups in total. The molecule has 1 aliphatic heterocycles. The highest BCUT2D eigenvalue weighted by molar-refractivity contribution is 5.76. The zero-order valence-corrected chi connectivity index (χ0v) is 49.9. The van der Waals surface area contributed by atoms with Gasteiger partial charge in [0.15, 0.2) is 6.29 Å². The molecule has 0 aromatic heterocycles. The number of allylic oxidation sites excluding steroid dienone is 17. The first-order valence-electron chi connectivity index (χ1n) is 32.1. The van der Waals surface area contributed by atoms with Crippen LogP contribution in [0.2, 0.25) is 0 Å². The summed E-state index contributed by atoms with van der Waals surface area (Å²) < 4.78 is 11.3. The molecule has 0 saturated carbocycles. The Morgan fingerprint density at radius 3 is 1.23 bits per heavy atom. The number of carbonyl (C=O) groups is 1. The van der Waals surface area contributed by atoms with Crippen molar-refractivity contribution in [2.45, 2.75) is 307 Å². The van der Waals surface area contributed by atoms with E-state index < -0.39 is 49.5 Å². The number of aliphatic hydroxyl groups is 5. The van der Waals surface area contributed by atoms with Gasteiger partial charge in [-0.15, -0.1) is 0 Å². The highest BCUT2D eigenvalue weighted by atomic mass is 16.7. The average molecular weight is 1090 g/mol. The molecule has 1 aliphatic rings. The molecule has 1 rings (SSSR count). The average Bonchev–Trinajstić information content (AvgIpc) is 3.45. The van der Waals surface area contributed by atoms with Gasteiger partial charge in [0.1, 0.15) is 24.4 Å². The summed E-state index contributed by atoms with van der Waals surface area (Å²) in [6, 6.07) is -0.840. The third-order valence-corrected chi connectivity index (χ3v) is 14.6. The molecule has 1 fully saturated rings. The van der Waals surface area contributed by atoms with Gasteiger partial charge in [0, 0.05) is 6.42 Å². The van der Waals surface area contributed by atoms with Gasteiger partial charge in [-0.25, -0.2) is 0 Å². The van der Waals surface area contributed by atoms with Crippen molar-refractivity contribution in [3.8, 4) is 0 Å². The second kappa shape index (κ2) is 57.1. The van der Waals surface area contributed by atoms with E-state index in [0.717, 1.165) is 96.3 Å². The van der Waals surface area contributed by atoms with Crippen LogP contribution in [0.3, 0.4) is 0 Å². The molecule has 0 spiro atoms. The number of hydrogen-bond acceptors (Lipinski definition) is 8. The van der Waals surface area contributed by atoms with E-state index in [0.29, 0.717) is 6.42 Å². The number of aliphatic hydroxyl groups excluding tert-OH is 5. The van der Waals surface area contributed by atoms with Crippen LogP contribution in [0.1, 0.15) is 264 Å². The Labute approximate surface area is 478 Å². The smallest absolute Gasteiger partial charge is 0.220 e. The minimum absolute atomic E-state index is 0.198. The molecule has 0 aromatic rings. The van der Waals surface area contributed by atoms with Crippen molar-refractivity contribution in [3.63, 3.8) is 0 Å². The van der Waals surface area contributed by atoms with Gasteiger partial charge < -0.3 is 40.3 Å². The monoisotopic (exact) mass is 1090 g/mol. The summed E-state index contributed by atoms with van der Waals surface area (Å²) in [6.45, 7) is 3.66. The van der Waals surface area contributed by atoms with E-state index in [2.05, 4.69) is 116 Å². The van der Waals surface area contributed by atoms with Crippen LogP contribution in [0.15, 0.2) is 109 Å². The van der Waals surface area contributed by atoms with Gasteiger partial charge in [-0.1, -0.05) is 271 Å². The van der Waals surface area contributed by atoms with E-state index >= 15 is 0 Å². The predicted molar refractivity (Wildman–Crippen MR) is 331 cm³/mol. The van der Waals surface area contributed by atoms with Crippen molar-refractivity contribution >= 4 is 5.91 Å². The third-order valence-electron chi connectivity index (χ3n) is 14.6. The Hall–Kier alpha value is -3.15. The molecule has 7 atom stereocenters. The van der Waals surface area contributed by atoms with Gasteiger partial charge in [0.05, 0.1) is 25.4 Å². The molecule has 7 unspecified atom stereocenters. The fourth-order valence-electron chi connectivity index (χ4n) is 9.55. The second-order valence-corrected chi connectivity index (χ2v) is 21.8. The number of ether oxygens (including phenoxy) is 2. The quantitative estimate of drug-likeness (QED) is 0.0261. The summed E-state index contributed by atoms with van der Waals surface area (Å²) in [5.74, 6) is -0.198. The maximum absolute atomic E-state index is 13.1. The summed E-state index contributed by atoms with van der Waals surface area (Å²) in [7, 11) is 0. The first kappa shape index (κ1) is 72.9. The number of nitrogens with one attached hydrogen (secondary N) is 1. The van der Waals surface area contributed by atoms with E-state index in [-0.39, 0.29) is 12.5 Å². The summed E-state index contributed by atoms with van der Waals surface area (Å²) in [5, 5.41) is 54.6. The lowest BCUT2D eigenvalue weighted by molar-refractivity contribution is -0.302. The number of rotatable bonds is 54. The summed E-state index contributed by atoms with van der Waals surface area (Å²) in [6.07, 6.45) is 77.4. The Morgan fingerprint density at radius 1 is 0.449 bits per heavy atom. The number of amides is 1.